The monoisotopic (exact) mass is 555 g/mol. The first kappa shape index (κ1) is 30.3. The predicted molar refractivity (Wildman–Crippen MR) is 156 cm³/mol. The molecule has 3 N–H and O–H groups in total. The van der Waals surface area contributed by atoms with Crippen molar-refractivity contribution in [3.63, 3.8) is 0 Å². The number of ether oxygens (including phenoxy) is 1. The highest BCUT2D eigenvalue weighted by molar-refractivity contribution is 7.98. The Morgan fingerprint density at radius 2 is 1.72 bits per heavy atom. The summed E-state index contributed by atoms with van der Waals surface area (Å²) in [6, 6.07) is 8.79. The number of hydrogen-bond donors (Lipinski definition) is 3. The van der Waals surface area contributed by atoms with E-state index in [0.29, 0.717) is 29.0 Å². The Balaban J connectivity index is 2.03. The molecule has 0 spiro atoms. The smallest absolute Gasteiger partial charge is 0.408 e. The van der Waals surface area contributed by atoms with E-state index in [4.69, 9.17) is 4.74 Å². The van der Waals surface area contributed by atoms with Crippen LogP contribution in [-0.2, 0) is 14.3 Å². The fourth-order valence-electron chi connectivity index (χ4n) is 4.48. The van der Waals surface area contributed by atoms with Gasteiger partial charge in [-0.3, -0.25) is 9.59 Å². The highest BCUT2D eigenvalue weighted by Crippen LogP contribution is 2.37. The summed E-state index contributed by atoms with van der Waals surface area (Å²) in [7, 11) is 0. The summed E-state index contributed by atoms with van der Waals surface area (Å²) in [6.07, 6.45) is 3.18. The van der Waals surface area contributed by atoms with Crippen LogP contribution in [0.1, 0.15) is 68.3 Å². The first-order chi connectivity index (χ1) is 18.3. The van der Waals surface area contributed by atoms with Gasteiger partial charge in [0.15, 0.2) is 0 Å². The third-order valence-electron chi connectivity index (χ3n) is 6.59. The SMILES string of the molecule is CSCCC(NC(=O)OC(C)(C)C)C(=O)N(C1CC1)C(C(=O)Nc1c(C)cccc1C)c1ccc(O)c(C)c1. The molecule has 39 heavy (non-hydrogen) atoms. The molecule has 8 nitrogen and oxygen atoms in total. The van der Waals surface area contributed by atoms with E-state index in [9.17, 15) is 19.5 Å². The molecule has 9 heteroatoms. The van der Waals surface area contributed by atoms with Crippen molar-refractivity contribution in [2.75, 3.05) is 17.3 Å². The fraction of sp³-hybridized carbons (Fsp3) is 0.500. The number of phenols is 1. The zero-order valence-corrected chi connectivity index (χ0v) is 24.8. The lowest BCUT2D eigenvalue weighted by Crippen LogP contribution is -2.53. The van der Waals surface area contributed by atoms with E-state index >= 15 is 0 Å². The maximum atomic E-state index is 14.2. The number of rotatable bonds is 10. The van der Waals surface area contributed by atoms with Crippen LogP contribution in [0.25, 0.3) is 0 Å². The van der Waals surface area contributed by atoms with Gasteiger partial charge in [-0.1, -0.05) is 24.3 Å². The van der Waals surface area contributed by atoms with Gasteiger partial charge in [0, 0.05) is 11.7 Å². The van der Waals surface area contributed by atoms with Crippen molar-refractivity contribution in [1.82, 2.24) is 10.2 Å². The van der Waals surface area contributed by atoms with E-state index in [1.54, 1.807) is 62.6 Å². The maximum absolute atomic E-state index is 14.2. The number of carbonyl (C=O) groups excluding carboxylic acids is 3. The van der Waals surface area contributed by atoms with Gasteiger partial charge in [-0.05, 0) is 107 Å². The molecule has 2 atom stereocenters. The van der Waals surface area contributed by atoms with Crippen molar-refractivity contribution in [3.8, 4) is 5.75 Å². The fourth-order valence-corrected chi connectivity index (χ4v) is 4.96. The number of thioether (sulfide) groups is 1. The molecule has 0 bridgehead atoms. The molecule has 1 aliphatic rings. The molecule has 2 unspecified atom stereocenters. The molecule has 0 aromatic heterocycles. The van der Waals surface area contributed by atoms with Crippen molar-refractivity contribution < 1.29 is 24.2 Å². The molecule has 1 saturated carbocycles. The lowest BCUT2D eigenvalue weighted by molar-refractivity contribution is -0.141. The number of alkyl carbamates (subject to hydrolysis) is 1. The van der Waals surface area contributed by atoms with Gasteiger partial charge in [-0.15, -0.1) is 0 Å². The van der Waals surface area contributed by atoms with Gasteiger partial charge in [-0.2, -0.15) is 11.8 Å². The first-order valence-corrected chi connectivity index (χ1v) is 14.7. The van der Waals surface area contributed by atoms with Crippen LogP contribution in [0.15, 0.2) is 36.4 Å². The minimum atomic E-state index is -0.958. The molecule has 1 fully saturated rings. The van der Waals surface area contributed by atoms with Gasteiger partial charge >= 0.3 is 6.09 Å². The van der Waals surface area contributed by atoms with Crippen LogP contribution in [0.5, 0.6) is 5.75 Å². The molecule has 0 aliphatic heterocycles. The molecule has 3 amide bonds. The average molecular weight is 556 g/mol. The van der Waals surface area contributed by atoms with Crippen molar-refractivity contribution in [3.05, 3.63) is 58.7 Å². The maximum Gasteiger partial charge on any atom is 0.408 e. The Labute approximate surface area is 235 Å². The number of amides is 3. The Hall–Kier alpha value is -3.20. The molecule has 0 saturated heterocycles. The summed E-state index contributed by atoms with van der Waals surface area (Å²) in [5.41, 5.74) is 3.01. The van der Waals surface area contributed by atoms with Gasteiger partial charge < -0.3 is 25.4 Å². The Bertz CT molecular complexity index is 1190. The second kappa shape index (κ2) is 12.8. The number of aryl methyl sites for hydroxylation is 3. The van der Waals surface area contributed by atoms with E-state index in [1.165, 1.54) is 0 Å². The summed E-state index contributed by atoms with van der Waals surface area (Å²) < 4.78 is 5.45. The standard InChI is InChI=1S/C30H41N3O5S/c1-18-9-8-10-19(2)25(18)32-27(35)26(21-11-14-24(34)20(3)17-21)33(22-12-13-22)28(36)23(15-16-39-7)31-29(37)38-30(4,5)6/h8-11,14,17,22-23,26,34H,12-13,15-16H2,1-7H3,(H,31,37)(H,32,35). The molecular formula is C30H41N3O5S. The largest absolute Gasteiger partial charge is 0.508 e. The van der Waals surface area contributed by atoms with Gasteiger partial charge in [0.05, 0.1) is 0 Å². The van der Waals surface area contributed by atoms with Gasteiger partial charge in [0.2, 0.25) is 5.91 Å². The number of nitrogens with one attached hydrogen (secondary N) is 2. The van der Waals surface area contributed by atoms with E-state index < -0.39 is 23.8 Å². The van der Waals surface area contributed by atoms with E-state index in [-0.39, 0.29) is 23.6 Å². The summed E-state index contributed by atoms with van der Waals surface area (Å²) in [5.74, 6) is 0.0762. The van der Waals surface area contributed by atoms with Crippen LogP contribution in [0, 0.1) is 20.8 Å². The second-order valence-corrected chi connectivity index (χ2v) is 12.1. The van der Waals surface area contributed by atoms with Crippen molar-refractivity contribution in [2.45, 2.75) is 84.5 Å². The zero-order chi connectivity index (χ0) is 28.9. The van der Waals surface area contributed by atoms with Crippen LogP contribution in [0.2, 0.25) is 0 Å². The Morgan fingerprint density at radius 1 is 1.08 bits per heavy atom. The number of phenolic OH excluding ortho intramolecular Hbond substituents is 1. The Morgan fingerprint density at radius 3 is 2.26 bits per heavy atom. The van der Waals surface area contributed by atoms with E-state index in [2.05, 4.69) is 10.6 Å². The van der Waals surface area contributed by atoms with Gasteiger partial charge in [-0.25, -0.2) is 4.79 Å². The van der Waals surface area contributed by atoms with Gasteiger partial charge in [0.1, 0.15) is 23.4 Å². The summed E-state index contributed by atoms with van der Waals surface area (Å²) in [4.78, 5) is 42.6. The lowest BCUT2D eigenvalue weighted by Gasteiger charge is -2.35. The number of para-hydroxylation sites is 1. The van der Waals surface area contributed by atoms with Crippen LogP contribution in [-0.4, -0.2) is 57.6 Å². The molecule has 0 heterocycles. The predicted octanol–water partition coefficient (Wildman–Crippen LogP) is 5.63. The van der Waals surface area contributed by atoms with Crippen molar-refractivity contribution >= 4 is 35.4 Å². The van der Waals surface area contributed by atoms with Crippen LogP contribution < -0.4 is 10.6 Å². The van der Waals surface area contributed by atoms with E-state index in [0.717, 1.165) is 24.0 Å². The minimum absolute atomic E-state index is 0.112. The van der Waals surface area contributed by atoms with Crippen LogP contribution >= 0.6 is 11.8 Å². The molecule has 1 aliphatic carbocycles. The molecule has 0 radical (unpaired) electrons. The molecular weight excluding hydrogens is 514 g/mol. The first-order valence-electron chi connectivity index (χ1n) is 13.3. The van der Waals surface area contributed by atoms with Crippen molar-refractivity contribution in [1.29, 1.82) is 0 Å². The molecule has 2 aromatic rings. The van der Waals surface area contributed by atoms with Crippen LogP contribution in [0.4, 0.5) is 10.5 Å². The summed E-state index contributed by atoms with van der Waals surface area (Å²) in [5, 5.41) is 16.0. The quantitative estimate of drug-likeness (QED) is 0.350. The van der Waals surface area contributed by atoms with Gasteiger partial charge in [0.25, 0.3) is 5.91 Å². The average Bonchev–Trinajstić information content (AvgIpc) is 3.68. The van der Waals surface area contributed by atoms with Crippen molar-refractivity contribution in [2.24, 2.45) is 0 Å². The number of hydrogen-bond acceptors (Lipinski definition) is 6. The highest BCUT2D eigenvalue weighted by Gasteiger charge is 2.44. The lowest BCUT2D eigenvalue weighted by atomic mass is 9.99. The number of benzene rings is 2. The number of aromatic hydroxyl groups is 1. The third kappa shape index (κ3) is 8.14. The summed E-state index contributed by atoms with van der Waals surface area (Å²) in [6.45, 7) is 10.9. The van der Waals surface area contributed by atoms with Crippen LogP contribution in [0.3, 0.4) is 0 Å². The zero-order valence-electron chi connectivity index (χ0n) is 24.0. The van der Waals surface area contributed by atoms with E-state index in [1.807, 2.05) is 38.3 Å². The highest BCUT2D eigenvalue weighted by atomic mass is 32.2. The number of anilines is 1. The number of carbonyl (C=O) groups is 3. The minimum Gasteiger partial charge on any atom is -0.508 e. The molecule has 2 aromatic carbocycles. The molecule has 212 valence electrons. The Kier molecular flexibility index (Phi) is 9.93. The topological polar surface area (TPSA) is 108 Å². The molecule has 3 rings (SSSR count). The second-order valence-electron chi connectivity index (χ2n) is 11.2. The normalized spacial score (nSPS) is 14.7. The number of nitrogens with zero attached hydrogens (tertiary/aromatic N) is 1. The third-order valence-corrected chi connectivity index (χ3v) is 7.23. The summed E-state index contributed by atoms with van der Waals surface area (Å²) >= 11 is 1.57.